The highest BCUT2D eigenvalue weighted by molar-refractivity contribution is 5.90. The minimum Gasteiger partial charge on any atom is -0.465 e. The Balaban J connectivity index is 1.79. The molecule has 1 aliphatic heterocycles. The first-order chi connectivity index (χ1) is 22.2. The van der Waals surface area contributed by atoms with Gasteiger partial charge in [-0.05, 0) is 50.5 Å². The lowest BCUT2D eigenvalue weighted by molar-refractivity contribution is -0.327. The molecule has 2 saturated carbocycles. The summed E-state index contributed by atoms with van der Waals surface area (Å²) in [4.78, 5) is 65.5. The number of fused-ring (bicyclic) bond motifs is 1. The summed E-state index contributed by atoms with van der Waals surface area (Å²) in [5, 5.41) is 12.4. The van der Waals surface area contributed by atoms with Gasteiger partial charge in [0.15, 0.2) is 12.2 Å². The van der Waals surface area contributed by atoms with Crippen LogP contribution in [0.3, 0.4) is 0 Å². The number of rotatable bonds is 8. The first-order valence-corrected chi connectivity index (χ1v) is 15.5. The van der Waals surface area contributed by atoms with Crippen molar-refractivity contribution in [2.75, 3.05) is 6.61 Å². The molecular weight excluding hydrogens is 612 g/mol. The first-order valence-electron chi connectivity index (χ1n) is 15.5. The predicted octanol–water partition coefficient (Wildman–Crippen LogP) is 3.43. The lowest BCUT2D eigenvalue weighted by Gasteiger charge is -2.64. The molecule has 12 nitrogen and oxygen atoms in total. The number of esters is 5. The van der Waals surface area contributed by atoms with Crippen LogP contribution in [-0.2, 0) is 42.8 Å². The molecule has 5 rings (SSSR count). The molecule has 47 heavy (non-hydrogen) atoms. The summed E-state index contributed by atoms with van der Waals surface area (Å²) in [6.45, 7) is 8.06. The van der Waals surface area contributed by atoms with Crippen LogP contribution in [0, 0.1) is 17.3 Å². The van der Waals surface area contributed by atoms with Crippen molar-refractivity contribution in [3.05, 3.63) is 71.8 Å². The van der Waals surface area contributed by atoms with E-state index in [9.17, 15) is 29.1 Å². The fourth-order valence-corrected chi connectivity index (χ4v) is 8.09. The second kappa shape index (κ2) is 12.7. The normalized spacial score (nSPS) is 33.5. The molecule has 2 aromatic carbocycles. The number of aliphatic hydroxyl groups excluding tert-OH is 1. The van der Waals surface area contributed by atoms with E-state index in [0.717, 1.165) is 6.92 Å². The SMILES string of the molecule is CC(=O)OC[C@@]12C(OC(=O)c3ccccc3)C(OC(C)=O)C[C@H](C)[C@]13OC(C)(C)[C@H](C(OC(=O)c1ccccc1)C2OC(C)=O)C3O. The number of hydrogen-bond acceptors (Lipinski definition) is 12. The highest BCUT2D eigenvalue weighted by atomic mass is 16.6. The van der Waals surface area contributed by atoms with Gasteiger partial charge in [-0.2, -0.15) is 0 Å². The van der Waals surface area contributed by atoms with E-state index >= 15 is 0 Å². The zero-order chi connectivity index (χ0) is 34.3. The molecule has 1 spiro atoms. The van der Waals surface area contributed by atoms with E-state index in [-0.39, 0.29) is 17.5 Å². The average Bonchev–Trinajstić information content (AvgIpc) is 3.19. The zero-order valence-corrected chi connectivity index (χ0v) is 27.2. The van der Waals surface area contributed by atoms with Gasteiger partial charge in [0, 0.05) is 20.8 Å². The molecular formula is C35H40O12. The van der Waals surface area contributed by atoms with Crippen LogP contribution in [-0.4, -0.2) is 83.3 Å². The van der Waals surface area contributed by atoms with E-state index in [2.05, 4.69) is 0 Å². The quantitative estimate of drug-likeness (QED) is 0.327. The van der Waals surface area contributed by atoms with Crippen molar-refractivity contribution in [2.24, 2.45) is 17.3 Å². The molecule has 1 saturated heterocycles. The van der Waals surface area contributed by atoms with Gasteiger partial charge in [0.05, 0.1) is 28.7 Å². The highest BCUT2D eigenvalue weighted by Crippen LogP contribution is 2.68. The molecule has 0 radical (unpaired) electrons. The summed E-state index contributed by atoms with van der Waals surface area (Å²) in [6, 6.07) is 16.2. The third-order valence-corrected chi connectivity index (χ3v) is 9.69. The van der Waals surface area contributed by atoms with E-state index < -0.39 is 95.4 Å². The van der Waals surface area contributed by atoms with Crippen molar-refractivity contribution in [1.29, 1.82) is 0 Å². The monoisotopic (exact) mass is 652 g/mol. The second-order valence-electron chi connectivity index (χ2n) is 13.0. The molecule has 2 aliphatic carbocycles. The van der Waals surface area contributed by atoms with Gasteiger partial charge in [-0.3, -0.25) is 14.4 Å². The number of aliphatic hydroxyl groups is 1. The maximum Gasteiger partial charge on any atom is 0.338 e. The standard InChI is InChI=1S/C35H40O12/c1-19-17-25(43-21(3)37)29(46-32(41)24-15-11-8-12-16-24)34(18-42-20(2)36)30(44-22(4)38)27(45-31(40)23-13-9-7-10-14-23)26-28(39)35(19,34)47-33(26,5)6/h7-16,19,25-30,39H,17-18H2,1-6H3/t19-,25?,26+,27?,28?,29?,30?,34-,35+/m0/s1. The number of benzene rings is 2. The number of carbonyl (C=O) groups is 5. The maximum atomic E-state index is 13.8. The van der Waals surface area contributed by atoms with Gasteiger partial charge >= 0.3 is 29.8 Å². The van der Waals surface area contributed by atoms with Gasteiger partial charge in [-0.25, -0.2) is 9.59 Å². The number of carbonyl (C=O) groups excluding carboxylic acids is 5. The van der Waals surface area contributed by atoms with E-state index in [1.165, 1.54) is 26.0 Å². The maximum absolute atomic E-state index is 13.8. The van der Waals surface area contributed by atoms with Crippen LogP contribution in [0.1, 0.15) is 68.7 Å². The summed E-state index contributed by atoms with van der Waals surface area (Å²) in [7, 11) is 0. The van der Waals surface area contributed by atoms with E-state index in [1.807, 2.05) is 0 Å². The third kappa shape index (κ3) is 5.78. The van der Waals surface area contributed by atoms with Crippen molar-refractivity contribution in [1.82, 2.24) is 0 Å². The number of hydrogen-bond donors (Lipinski definition) is 1. The van der Waals surface area contributed by atoms with Gasteiger partial charge in [0.2, 0.25) is 0 Å². The van der Waals surface area contributed by atoms with Crippen LogP contribution in [0.5, 0.6) is 0 Å². The van der Waals surface area contributed by atoms with Crippen LogP contribution < -0.4 is 0 Å². The summed E-state index contributed by atoms with van der Waals surface area (Å²) < 4.78 is 36.8. The fraction of sp³-hybridized carbons (Fsp3) is 0.514. The molecule has 9 atom stereocenters. The Morgan fingerprint density at radius 2 is 1.30 bits per heavy atom. The van der Waals surface area contributed by atoms with Gasteiger partial charge in [-0.1, -0.05) is 43.3 Å². The molecule has 3 aliphatic rings. The topological polar surface area (TPSA) is 161 Å². The molecule has 3 fully saturated rings. The van der Waals surface area contributed by atoms with Crippen LogP contribution in [0.15, 0.2) is 60.7 Å². The van der Waals surface area contributed by atoms with Gasteiger partial charge in [0.25, 0.3) is 0 Å². The Morgan fingerprint density at radius 1 is 0.766 bits per heavy atom. The number of ether oxygens (including phenoxy) is 6. The molecule has 1 heterocycles. The molecule has 2 bridgehead atoms. The summed E-state index contributed by atoms with van der Waals surface area (Å²) in [6.07, 6.45) is -7.05. The van der Waals surface area contributed by atoms with Gasteiger partial charge < -0.3 is 33.5 Å². The summed E-state index contributed by atoms with van der Waals surface area (Å²) in [5.41, 5.74) is -4.59. The molecule has 252 valence electrons. The smallest absolute Gasteiger partial charge is 0.338 e. The van der Waals surface area contributed by atoms with Crippen molar-refractivity contribution >= 4 is 29.8 Å². The summed E-state index contributed by atoms with van der Waals surface area (Å²) in [5.74, 6) is -5.47. The van der Waals surface area contributed by atoms with E-state index in [0.29, 0.717) is 0 Å². The molecule has 2 aromatic rings. The Hall–Kier alpha value is -4.29. The first kappa shape index (κ1) is 34.1. The lowest BCUT2D eigenvalue weighted by Crippen LogP contribution is -2.81. The van der Waals surface area contributed by atoms with Crippen molar-refractivity contribution in [3.8, 4) is 0 Å². The highest BCUT2D eigenvalue weighted by Gasteiger charge is 2.84. The van der Waals surface area contributed by atoms with Gasteiger partial charge in [-0.15, -0.1) is 0 Å². The largest absolute Gasteiger partial charge is 0.465 e. The van der Waals surface area contributed by atoms with Crippen molar-refractivity contribution in [2.45, 2.75) is 89.7 Å². The fourth-order valence-electron chi connectivity index (χ4n) is 8.09. The van der Waals surface area contributed by atoms with E-state index in [4.69, 9.17) is 28.4 Å². The Bertz CT molecular complexity index is 1520. The Kier molecular flexibility index (Phi) is 9.22. The van der Waals surface area contributed by atoms with Crippen molar-refractivity contribution < 1.29 is 57.5 Å². The van der Waals surface area contributed by atoms with Crippen LogP contribution >= 0.6 is 0 Å². The minimum absolute atomic E-state index is 0.0509. The molecule has 1 N–H and O–H groups in total. The lowest BCUT2D eigenvalue weighted by atomic mass is 9.47. The third-order valence-electron chi connectivity index (χ3n) is 9.69. The molecule has 5 unspecified atom stereocenters. The average molecular weight is 653 g/mol. The van der Waals surface area contributed by atoms with Crippen LogP contribution in [0.25, 0.3) is 0 Å². The molecule has 12 heteroatoms. The molecule has 0 aromatic heterocycles. The Morgan fingerprint density at radius 3 is 1.81 bits per heavy atom. The second-order valence-corrected chi connectivity index (χ2v) is 13.0. The predicted molar refractivity (Wildman–Crippen MR) is 163 cm³/mol. The van der Waals surface area contributed by atoms with Gasteiger partial charge in [0.1, 0.15) is 29.8 Å². The van der Waals surface area contributed by atoms with Crippen molar-refractivity contribution in [3.63, 3.8) is 0 Å². The summed E-state index contributed by atoms with van der Waals surface area (Å²) >= 11 is 0. The Labute approximate surface area is 272 Å². The molecule has 0 amide bonds. The zero-order valence-electron chi connectivity index (χ0n) is 27.2. The minimum atomic E-state index is -1.97. The van der Waals surface area contributed by atoms with Crippen LogP contribution in [0.4, 0.5) is 0 Å². The van der Waals surface area contributed by atoms with E-state index in [1.54, 1.807) is 69.3 Å². The van der Waals surface area contributed by atoms with Crippen LogP contribution in [0.2, 0.25) is 0 Å².